The molecule has 1 nitrogen and oxygen atoms in total. The van der Waals surface area contributed by atoms with Crippen LogP contribution in [0, 0.1) is 0 Å². The Labute approximate surface area is 52.0 Å². The fourth-order valence-electron chi connectivity index (χ4n) is 0.790. The molecule has 0 bridgehead atoms. The molecule has 0 aromatic carbocycles. The minimum Gasteiger partial charge on any atom is -0.383 e. The van der Waals surface area contributed by atoms with Crippen molar-refractivity contribution in [1.82, 2.24) is 0 Å². The average Bonchev–Trinajstić information content (AvgIpc) is 1.77. The first-order chi connectivity index (χ1) is 4.13. The highest BCUT2D eigenvalue weighted by molar-refractivity contribution is 5.01. The lowest BCUT2D eigenvalue weighted by molar-refractivity contribution is -0.0952. The van der Waals surface area contributed by atoms with E-state index in [1.807, 2.05) is 0 Å². The predicted molar refractivity (Wildman–Crippen MR) is 29.3 cm³/mol. The summed E-state index contributed by atoms with van der Waals surface area (Å²) in [7, 11) is 0. The molecular formula is C6H8F2O. The first kappa shape index (κ1) is 6.68. The van der Waals surface area contributed by atoms with Crippen molar-refractivity contribution in [2.45, 2.75) is 24.9 Å². The number of aliphatic hydroxyl groups is 1. The standard InChI is InChI=1S/C6H8F2O/c7-6(8)4-2-1-3-5(6)9/h1,3,5,9H,2,4H2. The Kier molecular flexibility index (Phi) is 1.53. The summed E-state index contributed by atoms with van der Waals surface area (Å²) in [5, 5.41) is 8.60. The molecule has 0 amide bonds. The summed E-state index contributed by atoms with van der Waals surface area (Å²) in [5.74, 6) is -2.89. The fourth-order valence-corrected chi connectivity index (χ4v) is 0.790. The SMILES string of the molecule is OC1C=CCCC1(F)F. The maximum Gasteiger partial charge on any atom is 0.277 e. The van der Waals surface area contributed by atoms with E-state index in [2.05, 4.69) is 0 Å². The molecule has 0 saturated heterocycles. The molecule has 0 aromatic heterocycles. The van der Waals surface area contributed by atoms with Gasteiger partial charge in [-0.15, -0.1) is 0 Å². The van der Waals surface area contributed by atoms with Crippen LogP contribution >= 0.6 is 0 Å². The van der Waals surface area contributed by atoms with Crippen molar-refractivity contribution in [3.63, 3.8) is 0 Å². The summed E-state index contributed by atoms with van der Waals surface area (Å²) in [6.45, 7) is 0. The third-order valence-corrected chi connectivity index (χ3v) is 1.40. The third kappa shape index (κ3) is 1.27. The van der Waals surface area contributed by atoms with Crippen LogP contribution in [0.1, 0.15) is 12.8 Å². The van der Waals surface area contributed by atoms with E-state index in [-0.39, 0.29) is 6.42 Å². The molecule has 1 N–H and O–H groups in total. The number of allylic oxidation sites excluding steroid dienone is 1. The van der Waals surface area contributed by atoms with E-state index in [1.54, 1.807) is 6.08 Å². The van der Waals surface area contributed by atoms with Crippen LogP contribution in [-0.2, 0) is 0 Å². The molecule has 9 heavy (non-hydrogen) atoms. The van der Waals surface area contributed by atoms with Crippen LogP contribution in [0.5, 0.6) is 0 Å². The van der Waals surface area contributed by atoms with Crippen molar-refractivity contribution in [3.8, 4) is 0 Å². The van der Waals surface area contributed by atoms with E-state index < -0.39 is 12.0 Å². The van der Waals surface area contributed by atoms with Gasteiger partial charge in [0.2, 0.25) is 0 Å². The van der Waals surface area contributed by atoms with Crippen LogP contribution in [0.2, 0.25) is 0 Å². The van der Waals surface area contributed by atoms with Crippen molar-refractivity contribution in [2.24, 2.45) is 0 Å². The summed E-state index contributed by atoms with van der Waals surface area (Å²) in [6.07, 6.45) is 1.28. The molecule has 1 atom stereocenters. The Balaban J connectivity index is 2.66. The Hall–Kier alpha value is -0.440. The lowest BCUT2D eigenvalue weighted by Crippen LogP contribution is -2.33. The number of alkyl halides is 2. The molecule has 0 fully saturated rings. The number of hydrogen-bond acceptors (Lipinski definition) is 1. The number of hydrogen-bond donors (Lipinski definition) is 1. The first-order valence-electron chi connectivity index (χ1n) is 2.85. The smallest absolute Gasteiger partial charge is 0.277 e. The fraction of sp³-hybridized carbons (Fsp3) is 0.667. The van der Waals surface area contributed by atoms with Gasteiger partial charge in [-0.05, 0) is 6.42 Å². The molecule has 3 heteroatoms. The highest BCUT2D eigenvalue weighted by Crippen LogP contribution is 2.28. The largest absolute Gasteiger partial charge is 0.383 e. The zero-order chi connectivity index (χ0) is 6.91. The summed E-state index contributed by atoms with van der Waals surface area (Å²) >= 11 is 0. The zero-order valence-electron chi connectivity index (χ0n) is 4.85. The maximum absolute atomic E-state index is 12.3. The van der Waals surface area contributed by atoms with Crippen molar-refractivity contribution in [2.75, 3.05) is 0 Å². The van der Waals surface area contributed by atoms with Gasteiger partial charge in [0.25, 0.3) is 5.92 Å². The normalized spacial score (nSPS) is 32.6. The van der Waals surface area contributed by atoms with E-state index in [0.717, 1.165) is 6.08 Å². The van der Waals surface area contributed by atoms with Crippen molar-refractivity contribution < 1.29 is 13.9 Å². The quantitative estimate of drug-likeness (QED) is 0.495. The van der Waals surface area contributed by atoms with Gasteiger partial charge in [0.1, 0.15) is 6.10 Å². The van der Waals surface area contributed by atoms with Gasteiger partial charge < -0.3 is 5.11 Å². The minimum absolute atomic E-state index is 0.231. The Morgan fingerprint density at radius 3 is 2.56 bits per heavy atom. The van der Waals surface area contributed by atoms with Gasteiger partial charge in [0.05, 0.1) is 0 Å². The van der Waals surface area contributed by atoms with Crippen LogP contribution in [0.25, 0.3) is 0 Å². The highest BCUT2D eigenvalue weighted by atomic mass is 19.3. The topological polar surface area (TPSA) is 20.2 Å². The molecule has 52 valence electrons. The predicted octanol–water partition coefficient (Wildman–Crippen LogP) is 1.33. The van der Waals surface area contributed by atoms with Crippen LogP contribution in [-0.4, -0.2) is 17.1 Å². The molecule has 0 aliphatic heterocycles. The minimum atomic E-state index is -2.89. The van der Waals surface area contributed by atoms with E-state index in [0.29, 0.717) is 6.42 Å². The number of rotatable bonds is 0. The molecule has 1 unspecified atom stereocenters. The van der Waals surface area contributed by atoms with Gasteiger partial charge in [0.15, 0.2) is 0 Å². The van der Waals surface area contributed by atoms with E-state index in [1.165, 1.54) is 0 Å². The molecule has 0 saturated carbocycles. The lowest BCUT2D eigenvalue weighted by atomic mass is 10.0. The number of aliphatic hydroxyl groups excluding tert-OH is 1. The first-order valence-corrected chi connectivity index (χ1v) is 2.85. The maximum atomic E-state index is 12.3. The van der Waals surface area contributed by atoms with Crippen LogP contribution in [0.3, 0.4) is 0 Å². The average molecular weight is 134 g/mol. The van der Waals surface area contributed by atoms with Gasteiger partial charge in [-0.3, -0.25) is 0 Å². The Morgan fingerprint density at radius 2 is 2.22 bits per heavy atom. The highest BCUT2D eigenvalue weighted by Gasteiger charge is 2.37. The molecule has 1 aliphatic carbocycles. The second kappa shape index (κ2) is 2.06. The molecule has 1 rings (SSSR count). The van der Waals surface area contributed by atoms with E-state index >= 15 is 0 Å². The molecule has 0 aromatic rings. The van der Waals surface area contributed by atoms with Crippen LogP contribution in [0.4, 0.5) is 8.78 Å². The summed E-state index contributed by atoms with van der Waals surface area (Å²) in [4.78, 5) is 0. The summed E-state index contributed by atoms with van der Waals surface area (Å²) < 4.78 is 24.6. The van der Waals surface area contributed by atoms with Crippen molar-refractivity contribution in [1.29, 1.82) is 0 Å². The van der Waals surface area contributed by atoms with Crippen molar-refractivity contribution in [3.05, 3.63) is 12.2 Å². The molecule has 0 spiro atoms. The summed E-state index contributed by atoms with van der Waals surface area (Å²) in [5.41, 5.74) is 0. The monoisotopic (exact) mass is 134 g/mol. The Morgan fingerprint density at radius 1 is 1.56 bits per heavy atom. The van der Waals surface area contributed by atoms with Crippen LogP contribution in [0.15, 0.2) is 12.2 Å². The zero-order valence-corrected chi connectivity index (χ0v) is 4.85. The Bertz CT molecular complexity index is 131. The van der Waals surface area contributed by atoms with Crippen molar-refractivity contribution >= 4 is 0 Å². The van der Waals surface area contributed by atoms with Gasteiger partial charge in [-0.1, -0.05) is 12.2 Å². The summed E-state index contributed by atoms with van der Waals surface area (Å²) in [6, 6.07) is 0. The molecule has 1 aliphatic rings. The van der Waals surface area contributed by atoms with Gasteiger partial charge in [0, 0.05) is 6.42 Å². The molecule has 0 radical (unpaired) electrons. The molecular weight excluding hydrogens is 126 g/mol. The van der Waals surface area contributed by atoms with Gasteiger partial charge >= 0.3 is 0 Å². The van der Waals surface area contributed by atoms with E-state index in [4.69, 9.17) is 5.11 Å². The van der Waals surface area contributed by atoms with Gasteiger partial charge in [-0.25, -0.2) is 8.78 Å². The van der Waals surface area contributed by atoms with E-state index in [9.17, 15) is 8.78 Å². The van der Waals surface area contributed by atoms with Crippen LogP contribution < -0.4 is 0 Å². The number of halogens is 2. The van der Waals surface area contributed by atoms with Gasteiger partial charge in [-0.2, -0.15) is 0 Å². The second-order valence-corrected chi connectivity index (χ2v) is 2.17. The molecule has 0 heterocycles. The second-order valence-electron chi connectivity index (χ2n) is 2.17. The lowest BCUT2D eigenvalue weighted by Gasteiger charge is -2.22. The third-order valence-electron chi connectivity index (χ3n) is 1.40.